The number of quaternary nitrogens is 1. The van der Waals surface area contributed by atoms with Gasteiger partial charge >= 0.3 is 0 Å². The second-order valence-corrected chi connectivity index (χ2v) is 8.56. The third kappa shape index (κ3) is 1.98. The molecule has 2 aromatic heterocycles. The Balaban J connectivity index is 1.70. The number of benzene rings is 1. The molecule has 4 heterocycles. The van der Waals surface area contributed by atoms with Crippen LogP contribution >= 0.6 is 22.9 Å². The molecule has 24 heavy (non-hydrogen) atoms. The van der Waals surface area contributed by atoms with E-state index in [1.54, 1.807) is 0 Å². The minimum atomic E-state index is 0.489. The van der Waals surface area contributed by atoms with Gasteiger partial charge in [-0.1, -0.05) is 23.7 Å². The average Bonchev–Trinajstić information content (AvgIpc) is 3.30. The Bertz CT molecular complexity index is 900. The van der Waals surface area contributed by atoms with Gasteiger partial charge in [0.25, 0.3) is 0 Å². The summed E-state index contributed by atoms with van der Waals surface area (Å²) in [4.78, 5) is 1.53. The van der Waals surface area contributed by atoms with Gasteiger partial charge in [-0.2, -0.15) is 0 Å². The Morgan fingerprint density at radius 2 is 1.88 bits per heavy atom. The van der Waals surface area contributed by atoms with E-state index < -0.39 is 0 Å². The van der Waals surface area contributed by atoms with Gasteiger partial charge in [0.2, 0.25) is 0 Å². The zero-order chi connectivity index (χ0) is 16.3. The second kappa shape index (κ2) is 5.22. The zero-order valence-electron chi connectivity index (χ0n) is 13.7. The van der Waals surface area contributed by atoms with Gasteiger partial charge in [0.15, 0.2) is 6.04 Å². The molecule has 1 unspecified atom stereocenters. The molecule has 0 radical (unpaired) electrons. The van der Waals surface area contributed by atoms with Crippen LogP contribution < -0.4 is 0 Å². The van der Waals surface area contributed by atoms with E-state index in [0.717, 1.165) is 9.51 Å². The predicted molar refractivity (Wildman–Crippen MR) is 101 cm³/mol. The van der Waals surface area contributed by atoms with Crippen LogP contribution in [-0.4, -0.2) is 29.2 Å². The lowest BCUT2D eigenvalue weighted by molar-refractivity contribution is -0.921. The first kappa shape index (κ1) is 14.8. The highest BCUT2D eigenvalue weighted by atomic mass is 35.5. The van der Waals surface area contributed by atoms with Crippen LogP contribution in [0.2, 0.25) is 5.02 Å². The summed E-state index contributed by atoms with van der Waals surface area (Å²) >= 11 is 8.00. The Kier molecular flexibility index (Phi) is 3.21. The summed E-state index contributed by atoms with van der Waals surface area (Å²) in [6.45, 7) is 2.56. The van der Waals surface area contributed by atoms with Crippen LogP contribution in [0.4, 0.5) is 0 Å². The second-order valence-electron chi connectivity index (χ2n) is 7.21. The van der Waals surface area contributed by atoms with Crippen LogP contribution in [0, 0.1) is 0 Å². The Morgan fingerprint density at radius 1 is 1.12 bits per heavy atom. The molecular formula is C20H20ClN2S+. The number of hydrogen-bond donors (Lipinski definition) is 0. The number of nitrogens with zero attached hydrogens (tertiary/aromatic N) is 2. The van der Waals surface area contributed by atoms with Gasteiger partial charge in [-0.3, -0.25) is 0 Å². The molecule has 2 aliphatic rings. The maximum Gasteiger partial charge on any atom is 0.167 e. The Hall–Kier alpha value is -1.55. The first-order valence-electron chi connectivity index (χ1n) is 8.56. The van der Waals surface area contributed by atoms with Crippen molar-refractivity contribution in [2.75, 3.05) is 20.1 Å². The van der Waals surface area contributed by atoms with Crippen LogP contribution in [0.25, 0.3) is 16.8 Å². The quantitative estimate of drug-likeness (QED) is 0.535. The molecule has 0 spiro atoms. The number of fused-ring (bicyclic) bond motifs is 3. The monoisotopic (exact) mass is 355 g/mol. The summed E-state index contributed by atoms with van der Waals surface area (Å²) in [5.74, 6) is 0. The standard InChI is InChI=1S/C20H20ClN2S/c1-23(11-2-3-12-23)19-17-5-4-10-22(17)18-16(13-24-20(18)19)14-6-8-15(21)9-7-14/h4-10,13,19H,2-3,11-12H2,1H3/q+1. The third-order valence-corrected chi connectivity index (χ3v) is 6.98. The molecule has 0 saturated carbocycles. The third-order valence-electron chi connectivity index (χ3n) is 5.71. The van der Waals surface area contributed by atoms with Crippen molar-refractivity contribution in [1.82, 2.24) is 4.57 Å². The lowest BCUT2D eigenvalue weighted by Crippen LogP contribution is -2.43. The van der Waals surface area contributed by atoms with Crippen LogP contribution in [0.5, 0.6) is 0 Å². The highest BCUT2D eigenvalue weighted by Crippen LogP contribution is 2.51. The average molecular weight is 356 g/mol. The van der Waals surface area contributed by atoms with Crippen molar-refractivity contribution >= 4 is 22.9 Å². The van der Waals surface area contributed by atoms with E-state index >= 15 is 0 Å². The molecular weight excluding hydrogens is 336 g/mol. The van der Waals surface area contributed by atoms with Crippen molar-refractivity contribution in [3.63, 3.8) is 0 Å². The summed E-state index contributed by atoms with van der Waals surface area (Å²) in [5, 5.41) is 3.12. The summed E-state index contributed by atoms with van der Waals surface area (Å²) in [7, 11) is 2.44. The maximum absolute atomic E-state index is 6.08. The maximum atomic E-state index is 6.08. The molecule has 5 rings (SSSR count). The molecule has 0 aliphatic carbocycles. The largest absolute Gasteiger partial charge is 0.314 e. The van der Waals surface area contributed by atoms with Crippen molar-refractivity contribution in [3.05, 3.63) is 63.6 Å². The fourth-order valence-corrected chi connectivity index (χ4v) is 5.96. The lowest BCUT2D eigenvalue weighted by Gasteiger charge is -2.35. The zero-order valence-corrected chi connectivity index (χ0v) is 15.3. The number of aromatic nitrogens is 1. The summed E-state index contributed by atoms with van der Waals surface area (Å²) in [5.41, 5.74) is 5.42. The highest BCUT2D eigenvalue weighted by molar-refractivity contribution is 7.11. The molecule has 1 aromatic carbocycles. The van der Waals surface area contributed by atoms with Gasteiger partial charge in [0.05, 0.1) is 36.4 Å². The Morgan fingerprint density at radius 3 is 2.62 bits per heavy atom. The van der Waals surface area contributed by atoms with Gasteiger partial charge in [-0.05, 0) is 29.8 Å². The molecule has 1 fully saturated rings. The smallest absolute Gasteiger partial charge is 0.167 e. The van der Waals surface area contributed by atoms with Crippen molar-refractivity contribution in [3.8, 4) is 16.8 Å². The predicted octanol–water partition coefficient (Wildman–Crippen LogP) is 5.50. The van der Waals surface area contributed by atoms with Gasteiger partial charge in [0.1, 0.15) is 0 Å². The number of likely N-dealkylation sites (tertiary alicyclic amines) is 1. The Labute approximate surface area is 151 Å². The van der Waals surface area contributed by atoms with Crippen molar-refractivity contribution < 1.29 is 4.48 Å². The fraction of sp³-hybridized carbons (Fsp3) is 0.300. The van der Waals surface area contributed by atoms with Crippen molar-refractivity contribution in [2.45, 2.75) is 18.9 Å². The van der Waals surface area contributed by atoms with E-state index in [0.29, 0.717) is 6.04 Å². The number of hydrogen-bond acceptors (Lipinski definition) is 1. The fourth-order valence-electron chi connectivity index (χ4n) is 4.52. The summed E-state index contributed by atoms with van der Waals surface area (Å²) in [6.07, 6.45) is 4.92. The molecule has 0 bridgehead atoms. The number of halogens is 1. The molecule has 0 N–H and O–H groups in total. The molecule has 0 amide bonds. The van der Waals surface area contributed by atoms with E-state index in [1.165, 1.54) is 53.3 Å². The molecule has 122 valence electrons. The molecule has 2 nitrogen and oxygen atoms in total. The van der Waals surface area contributed by atoms with Gasteiger partial charge < -0.3 is 9.05 Å². The van der Waals surface area contributed by atoms with Crippen LogP contribution in [0.1, 0.15) is 29.5 Å². The molecule has 4 heteroatoms. The van der Waals surface area contributed by atoms with E-state index in [1.807, 2.05) is 23.5 Å². The topological polar surface area (TPSA) is 4.93 Å². The van der Waals surface area contributed by atoms with Crippen LogP contribution in [0.3, 0.4) is 0 Å². The number of rotatable bonds is 2. The SMILES string of the molecule is C[N+]1(C2c3scc(-c4ccc(Cl)cc4)c3-n3cccc32)CCCC1. The van der Waals surface area contributed by atoms with Crippen molar-refractivity contribution in [2.24, 2.45) is 0 Å². The number of thiophene rings is 1. The van der Waals surface area contributed by atoms with E-state index in [9.17, 15) is 0 Å². The van der Waals surface area contributed by atoms with E-state index in [-0.39, 0.29) is 0 Å². The molecule has 3 aromatic rings. The van der Waals surface area contributed by atoms with Crippen LogP contribution in [0.15, 0.2) is 48.0 Å². The minimum absolute atomic E-state index is 0.489. The van der Waals surface area contributed by atoms with Gasteiger partial charge in [0, 0.05) is 35.0 Å². The first-order valence-corrected chi connectivity index (χ1v) is 9.82. The summed E-state index contributed by atoms with van der Waals surface area (Å²) < 4.78 is 3.57. The van der Waals surface area contributed by atoms with Gasteiger partial charge in [-0.25, -0.2) is 0 Å². The first-order chi connectivity index (χ1) is 11.7. The van der Waals surface area contributed by atoms with E-state index in [2.05, 4.69) is 47.5 Å². The summed E-state index contributed by atoms with van der Waals surface area (Å²) in [6, 6.07) is 13.2. The lowest BCUT2D eigenvalue weighted by atomic mass is 10.1. The molecule has 1 atom stereocenters. The minimum Gasteiger partial charge on any atom is -0.314 e. The highest BCUT2D eigenvalue weighted by Gasteiger charge is 2.46. The van der Waals surface area contributed by atoms with Gasteiger partial charge in [-0.15, -0.1) is 11.3 Å². The molecule has 1 saturated heterocycles. The normalized spacial score (nSPS) is 21.0. The van der Waals surface area contributed by atoms with Crippen LogP contribution in [-0.2, 0) is 0 Å². The van der Waals surface area contributed by atoms with Crippen molar-refractivity contribution in [1.29, 1.82) is 0 Å². The molecule has 2 aliphatic heterocycles. The van der Waals surface area contributed by atoms with E-state index in [4.69, 9.17) is 11.6 Å².